The topological polar surface area (TPSA) is 70.5 Å². The van der Waals surface area contributed by atoms with Crippen LogP contribution < -0.4 is 0 Å². The van der Waals surface area contributed by atoms with E-state index >= 15 is 0 Å². The Morgan fingerprint density at radius 2 is 2.06 bits per heavy atom. The van der Waals surface area contributed by atoms with Crippen molar-refractivity contribution in [1.29, 1.82) is 0 Å². The second-order valence-electron chi connectivity index (χ2n) is 4.47. The van der Waals surface area contributed by atoms with E-state index in [1.165, 1.54) is 11.3 Å². The monoisotopic (exact) mass is 270 g/mol. The maximum Gasteiger partial charge on any atom is 0.307 e. The lowest BCUT2D eigenvalue weighted by atomic mass is 9.95. The average molecular weight is 270 g/mol. The Bertz CT molecular complexity index is 444. The van der Waals surface area contributed by atoms with Crippen LogP contribution in [-0.2, 0) is 16.1 Å². The first-order valence-electron chi connectivity index (χ1n) is 5.71. The fraction of sp³-hybridized carbons (Fsp3) is 0.583. The largest absolute Gasteiger partial charge is 0.481 e. The number of carbonyl (C=O) groups is 2. The molecule has 0 aliphatic heterocycles. The Morgan fingerprint density at radius 1 is 1.44 bits per heavy atom. The predicted octanol–water partition coefficient (Wildman–Crippen LogP) is 1.77. The number of carboxylic acid groups (broad SMARTS) is 1. The summed E-state index contributed by atoms with van der Waals surface area (Å²) in [6, 6.07) is 0. The molecule has 0 aromatic carbocycles. The summed E-state index contributed by atoms with van der Waals surface area (Å²) in [6.07, 6.45) is 0. The van der Waals surface area contributed by atoms with Gasteiger partial charge in [0.1, 0.15) is 0 Å². The van der Waals surface area contributed by atoms with Crippen LogP contribution in [0.15, 0.2) is 5.51 Å². The summed E-state index contributed by atoms with van der Waals surface area (Å²) in [4.78, 5) is 29.6. The molecule has 0 fully saturated rings. The summed E-state index contributed by atoms with van der Waals surface area (Å²) in [5.41, 5.74) is 2.66. The lowest BCUT2D eigenvalue weighted by Gasteiger charge is -2.23. The SMILES string of the molecule is Cc1ncsc1CN(C)C(=O)C(C)C(C)C(=O)O. The van der Waals surface area contributed by atoms with E-state index in [4.69, 9.17) is 5.11 Å². The highest BCUT2D eigenvalue weighted by atomic mass is 32.1. The molecule has 0 aliphatic rings. The number of amides is 1. The van der Waals surface area contributed by atoms with Crippen molar-refractivity contribution >= 4 is 23.2 Å². The van der Waals surface area contributed by atoms with Crippen molar-refractivity contribution in [1.82, 2.24) is 9.88 Å². The highest BCUT2D eigenvalue weighted by Crippen LogP contribution is 2.18. The smallest absolute Gasteiger partial charge is 0.307 e. The summed E-state index contributed by atoms with van der Waals surface area (Å²) in [7, 11) is 1.69. The van der Waals surface area contributed by atoms with E-state index in [2.05, 4.69) is 4.98 Å². The quantitative estimate of drug-likeness (QED) is 0.885. The van der Waals surface area contributed by atoms with E-state index in [1.54, 1.807) is 31.3 Å². The first-order chi connectivity index (χ1) is 8.34. The van der Waals surface area contributed by atoms with E-state index in [9.17, 15) is 9.59 Å². The fourth-order valence-corrected chi connectivity index (χ4v) is 2.38. The number of thiazole rings is 1. The standard InChI is InChI=1S/C12H18N2O3S/c1-7(8(2)12(16)17)11(15)14(4)5-10-9(3)13-6-18-10/h6-8H,5H2,1-4H3,(H,16,17). The zero-order valence-corrected chi connectivity index (χ0v) is 11.8. The molecule has 1 aromatic heterocycles. The molecule has 100 valence electrons. The van der Waals surface area contributed by atoms with E-state index < -0.39 is 17.8 Å². The molecule has 1 aromatic rings. The van der Waals surface area contributed by atoms with E-state index in [-0.39, 0.29) is 5.91 Å². The Balaban J connectivity index is 2.67. The molecule has 18 heavy (non-hydrogen) atoms. The van der Waals surface area contributed by atoms with Gasteiger partial charge in [-0.05, 0) is 6.92 Å². The van der Waals surface area contributed by atoms with Gasteiger partial charge in [0.05, 0.1) is 23.7 Å². The summed E-state index contributed by atoms with van der Waals surface area (Å²) in [5.74, 6) is -2.31. The van der Waals surface area contributed by atoms with Crippen LogP contribution in [0.2, 0.25) is 0 Å². The molecule has 2 unspecified atom stereocenters. The number of carbonyl (C=O) groups excluding carboxylic acids is 1. The number of hydrogen-bond acceptors (Lipinski definition) is 4. The van der Waals surface area contributed by atoms with Crippen molar-refractivity contribution in [3.05, 3.63) is 16.1 Å². The summed E-state index contributed by atoms with van der Waals surface area (Å²) >= 11 is 1.50. The maximum absolute atomic E-state index is 12.1. The summed E-state index contributed by atoms with van der Waals surface area (Å²) < 4.78 is 0. The average Bonchev–Trinajstić information content (AvgIpc) is 2.71. The Labute approximate surface area is 110 Å². The van der Waals surface area contributed by atoms with E-state index in [0.29, 0.717) is 6.54 Å². The molecule has 2 atom stereocenters. The highest BCUT2D eigenvalue weighted by Gasteiger charge is 2.28. The van der Waals surface area contributed by atoms with Crippen LogP contribution in [0.3, 0.4) is 0 Å². The molecule has 0 aliphatic carbocycles. The third kappa shape index (κ3) is 3.29. The van der Waals surface area contributed by atoms with Gasteiger partial charge in [-0.3, -0.25) is 9.59 Å². The number of aryl methyl sites for hydroxylation is 1. The van der Waals surface area contributed by atoms with Crippen LogP contribution in [0.4, 0.5) is 0 Å². The summed E-state index contributed by atoms with van der Waals surface area (Å²) in [6.45, 7) is 5.58. The molecule has 1 N–H and O–H groups in total. The normalized spacial score (nSPS) is 14.0. The van der Waals surface area contributed by atoms with Gasteiger partial charge in [-0.15, -0.1) is 11.3 Å². The Morgan fingerprint density at radius 3 is 2.50 bits per heavy atom. The fourth-order valence-electron chi connectivity index (χ4n) is 1.55. The van der Waals surface area contributed by atoms with Crippen molar-refractivity contribution < 1.29 is 14.7 Å². The second-order valence-corrected chi connectivity index (χ2v) is 5.41. The zero-order valence-electron chi connectivity index (χ0n) is 11.0. The van der Waals surface area contributed by atoms with Crippen molar-refractivity contribution in [3.63, 3.8) is 0 Å². The molecule has 1 rings (SSSR count). The minimum Gasteiger partial charge on any atom is -0.481 e. The molecule has 0 radical (unpaired) electrons. The van der Waals surface area contributed by atoms with E-state index in [1.807, 2.05) is 6.92 Å². The predicted molar refractivity (Wildman–Crippen MR) is 69.3 cm³/mol. The molecular formula is C12H18N2O3S. The number of carboxylic acids is 1. The van der Waals surface area contributed by atoms with Gasteiger partial charge in [0.2, 0.25) is 5.91 Å². The number of aromatic nitrogens is 1. The van der Waals surface area contributed by atoms with Gasteiger partial charge in [-0.1, -0.05) is 13.8 Å². The minimum absolute atomic E-state index is 0.155. The van der Waals surface area contributed by atoms with Gasteiger partial charge in [0, 0.05) is 17.8 Å². The van der Waals surface area contributed by atoms with Crippen LogP contribution in [0.25, 0.3) is 0 Å². The van der Waals surface area contributed by atoms with Crippen molar-refractivity contribution in [2.75, 3.05) is 7.05 Å². The minimum atomic E-state index is -0.946. The highest BCUT2D eigenvalue weighted by molar-refractivity contribution is 7.09. The third-order valence-electron chi connectivity index (χ3n) is 3.13. The zero-order chi connectivity index (χ0) is 13.9. The van der Waals surface area contributed by atoms with Crippen LogP contribution in [0.5, 0.6) is 0 Å². The number of hydrogen-bond donors (Lipinski definition) is 1. The molecular weight excluding hydrogens is 252 g/mol. The first kappa shape index (κ1) is 14.6. The number of rotatable bonds is 5. The lowest BCUT2D eigenvalue weighted by Crippen LogP contribution is -2.36. The Kier molecular flexibility index (Phi) is 4.84. The van der Waals surface area contributed by atoms with Crippen molar-refractivity contribution in [3.8, 4) is 0 Å². The van der Waals surface area contributed by atoms with Crippen molar-refractivity contribution in [2.45, 2.75) is 27.3 Å². The molecule has 1 heterocycles. The van der Waals surface area contributed by atoms with Gasteiger partial charge >= 0.3 is 5.97 Å². The van der Waals surface area contributed by atoms with Gasteiger partial charge in [-0.25, -0.2) is 4.98 Å². The molecule has 0 spiro atoms. The Hall–Kier alpha value is -1.43. The molecule has 0 saturated heterocycles. The lowest BCUT2D eigenvalue weighted by molar-refractivity contribution is -0.148. The van der Waals surface area contributed by atoms with Gasteiger partial charge in [-0.2, -0.15) is 0 Å². The van der Waals surface area contributed by atoms with Crippen LogP contribution >= 0.6 is 11.3 Å². The molecule has 0 bridgehead atoms. The molecule has 6 heteroatoms. The van der Waals surface area contributed by atoms with Crippen LogP contribution in [-0.4, -0.2) is 33.9 Å². The maximum atomic E-state index is 12.1. The van der Waals surface area contributed by atoms with Crippen molar-refractivity contribution in [2.24, 2.45) is 11.8 Å². The third-order valence-corrected chi connectivity index (χ3v) is 4.05. The second kappa shape index (κ2) is 5.95. The van der Waals surface area contributed by atoms with Crippen LogP contribution in [0, 0.1) is 18.8 Å². The summed E-state index contributed by atoms with van der Waals surface area (Å²) in [5, 5.41) is 8.91. The van der Waals surface area contributed by atoms with Gasteiger partial charge in [0.25, 0.3) is 0 Å². The van der Waals surface area contributed by atoms with Gasteiger partial charge < -0.3 is 10.0 Å². The first-order valence-corrected chi connectivity index (χ1v) is 6.59. The number of nitrogens with zero attached hydrogens (tertiary/aromatic N) is 2. The van der Waals surface area contributed by atoms with Crippen LogP contribution in [0.1, 0.15) is 24.4 Å². The molecule has 0 saturated carbocycles. The van der Waals surface area contributed by atoms with E-state index in [0.717, 1.165) is 10.6 Å². The van der Waals surface area contributed by atoms with Gasteiger partial charge in [0.15, 0.2) is 0 Å². The number of aliphatic carboxylic acids is 1. The molecule has 1 amide bonds. The molecule has 5 nitrogen and oxygen atoms in total.